The van der Waals surface area contributed by atoms with E-state index in [0.29, 0.717) is 17.9 Å². The molecule has 2 heterocycles. The van der Waals surface area contributed by atoms with E-state index in [2.05, 4.69) is 15.6 Å². The number of rotatable bonds is 6. The SMILES string of the molecule is Cc1ccc(CN(C(=O)Nc2ccc(-n3cc(CO)nn3)cc2)C2CCCC2)o1. The highest BCUT2D eigenvalue weighted by Crippen LogP contribution is 2.26. The first kappa shape index (κ1) is 19.2. The summed E-state index contributed by atoms with van der Waals surface area (Å²) >= 11 is 0. The summed E-state index contributed by atoms with van der Waals surface area (Å²) in [4.78, 5) is 14.9. The fourth-order valence-corrected chi connectivity index (χ4v) is 3.71. The first-order valence-corrected chi connectivity index (χ1v) is 9.88. The monoisotopic (exact) mass is 395 g/mol. The third kappa shape index (κ3) is 4.48. The Kier molecular flexibility index (Phi) is 5.62. The zero-order valence-electron chi connectivity index (χ0n) is 16.4. The molecule has 29 heavy (non-hydrogen) atoms. The first-order chi connectivity index (χ1) is 14.1. The Morgan fingerprint density at radius 3 is 2.62 bits per heavy atom. The van der Waals surface area contributed by atoms with Crippen molar-refractivity contribution >= 4 is 11.7 Å². The van der Waals surface area contributed by atoms with E-state index < -0.39 is 0 Å². The summed E-state index contributed by atoms with van der Waals surface area (Å²) in [5.41, 5.74) is 2.01. The number of amides is 2. The molecule has 1 saturated carbocycles. The highest BCUT2D eigenvalue weighted by molar-refractivity contribution is 5.89. The molecule has 1 aliphatic carbocycles. The van der Waals surface area contributed by atoms with Crippen LogP contribution >= 0.6 is 0 Å². The van der Waals surface area contributed by atoms with Gasteiger partial charge in [-0.05, 0) is 56.2 Å². The lowest BCUT2D eigenvalue weighted by Crippen LogP contribution is -2.41. The molecule has 8 nitrogen and oxygen atoms in total. The number of urea groups is 1. The second-order valence-electron chi connectivity index (χ2n) is 7.37. The second kappa shape index (κ2) is 8.48. The lowest BCUT2D eigenvalue weighted by Gasteiger charge is -2.28. The molecule has 0 atom stereocenters. The van der Waals surface area contributed by atoms with Crippen LogP contribution in [-0.2, 0) is 13.2 Å². The lowest BCUT2D eigenvalue weighted by molar-refractivity contribution is 0.178. The maximum absolute atomic E-state index is 13.0. The van der Waals surface area contributed by atoms with Crippen molar-refractivity contribution in [1.82, 2.24) is 19.9 Å². The van der Waals surface area contributed by atoms with Gasteiger partial charge in [0.05, 0.1) is 25.0 Å². The van der Waals surface area contributed by atoms with Crippen LogP contribution < -0.4 is 5.32 Å². The molecule has 2 amide bonds. The van der Waals surface area contributed by atoms with E-state index in [0.717, 1.165) is 42.9 Å². The van der Waals surface area contributed by atoms with Crippen molar-refractivity contribution in [2.45, 2.75) is 51.8 Å². The van der Waals surface area contributed by atoms with Crippen LogP contribution in [0.15, 0.2) is 47.0 Å². The smallest absolute Gasteiger partial charge is 0.322 e. The van der Waals surface area contributed by atoms with Gasteiger partial charge in [0.1, 0.15) is 17.2 Å². The molecule has 0 radical (unpaired) electrons. The third-order valence-electron chi connectivity index (χ3n) is 5.23. The minimum Gasteiger partial charge on any atom is -0.464 e. The molecule has 2 N–H and O–H groups in total. The summed E-state index contributed by atoms with van der Waals surface area (Å²) in [6.07, 6.45) is 6.00. The average Bonchev–Trinajstić information content (AvgIpc) is 3.48. The number of anilines is 1. The van der Waals surface area contributed by atoms with E-state index in [1.165, 1.54) is 0 Å². The third-order valence-corrected chi connectivity index (χ3v) is 5.23. The highest BCUT2D eigenvalue weighted by atomic mass is 16.3. The number of benzene rings is 1. The Morgan fingerprint density at radius 1 is 1.24 bits per heavy atom. The van der Waals surface area contributed by atoms with Crippen molar-refractivity contribution in [1.29, 1.82) is 0 Å². The van der Waals surface area contributed by atoms with Gasteiger partial charge in [-0.3, -0.25) is 0 Å². The van der Waals surface area contributed by atoms with Gasteiger partial charge in [-0.2, -0.15) is 0 Å². The molecule has 1 aromatic carbocycles. The van der Waals surface area contributed by atoms with Gasteiger partial charge in [-0.1, -0.05) is 18.1 Å². The highest BCUT2D eigenvalue weighted by Gasteiger charge is 2.27. The molecule has 1 aliphatic rings. The van der Waals surface area contributed by atoms with Gasteiger partial charge >= 0.3 is 6.03 Å². The number of aromatic nitrogens is 3. The maximum atomic E-state index is 13.0. The molecule has 0 aliphatic heterocycles. The van der Waals surface area contributed by atoms with Crippen molar-refractivity contribution in [2.75, 3.05) is 5.32 Å². The Morgan fingerprint density at radius 2 is 2.00 bits per heavy atom. The van der Waals surface area contributed by atoms with E-state index in [9.17, 15) is 4.79 Å². The number of aliphatic hydroxyl groups is 1. The summed E-state index contributed by atoms with van der Waals surface area (Å²) in [7, 11) is 0. The Hall–Kier alpha value is -3.13. The van der Waals surface area contributed by atoms with Crippen LogP contribution in [0.25, 0.3) is 5.69 Å². The van der Waals surface area contributed by atoms with Gasteiger partial charge in [-0.15, -0.1) is 5.10 Å². The number of furan rings is 1. The number of nitrogens with one attached hydrogen (secondary N) is 1. The van der Waals surface area contributed by atoms with E-state index in [1.54, 1.807) is 10.9 Å². The van der Waals surface area contributed by atoms with Crippen LogP contribution in [0.3, 0.4) is 0 Å². The largest absolute Gasteiger partial charge is 0.464 e. The van der Waals surface area contributed by atoms with Crippen molar-refractivity contribution in [3.8, 4) is 5.69 Å². The summed E-state index contributed by atoms with van der Waals surface area (Å²) in [6.45, 7) is 2.22. The summed E-state index contributed by atoms with van der Waals surface area (Å²) in [5, 5.41) is 20.0. The van der Waals surface area contributed by atoms with Crippen LogP contribution in [0.1, 0.15) is 42.9 Å². The minimum atomic E-state index is -0.152. The van der Waals surface area contributed by atoms with Crippen LogP contribution in [0, 0.1) is 6.92 Å². The molecule has 0 unspecified atom stereocenters. The van der Waals surface area contributed by atoms with E-state index >= 15 is 0 Å². The number of nitrogens with zero attached hydrogens (tertiary/aromatic N) is 4. The van der Waals surface area contributed by atoms with Crippen LogP contribution in [0.5, 0.6) is 0 Å². The van der Waals surface area contributed by atoms with Gasteiger partial charge in [0, 0.05) is 11.7 Å². The van der Waals surface area contributed by atoms with Crippen molar-refractivity contribution in [3.05, 3.63) is 59.8 Å². The Bertz CT molecular complexity index is 957. The topological polar surface area (TPSA) is 96.4 Å². The van der Waals surface area contributed by atoms with Crippen LogP contribution in [0.4, 0.5) is 10.5 Å². The minimum absolute atomic E-state index is 0.123. The molecule has 0 spiro atoms. The predicted octanol–water partition coefficient (Wildman–Crippen LogP) is 3.64. The molecule has 1 fully saturated rings. The fraction of sp³-hybridized carbons (Fsp3) is 0.381. The Labute approximate surface area is 169 Å². The molecule has 4 rings (SSSR count). The van der Waals surface area contributed by atoms with Gasteiger partial charge < -0.3 is 19.7 Å². The molecule has 152 valence electrons. The average molecular weight is 395 g/mol. The second-order valence-corrected chi connectivity index (χ2v) is 7.37. The van der Waals surface area contributed by atoms with E-state index in [1.807, 2.05) is 48.2 Å². The van der Waals surface area contributed by atoms with E-state index in [4.69, 9.17) is 9.52 Å². The first-order valence-electron chi connectivity index (χ1n) is 9.88. The van der Waals surface area contributed by atoms with Crippen molar-refractivity contribution in [2.24, 2.45) is 0 Å². The lowest BCUT2D eigenvalue weighted by atomic mass is 10.2. The van der Waals surface area contributed by atoms with Gasteiger partial charge in [0.25, 0.3) is 0 Å². The number of aryl methyl sites for hydroxylation is 1. The normalized spacial score (nSPS) is 14.3. The van der Waals surface area contributed by atoms with Gasteiger partial charge in [0.15, 0.2) is 0 Å². The molecule has 3 aromatic rings. The zero-order valence-corrected chi connectivity index (χ0v) is 16.4. The summed E-state index contributed by atoms with van der Waals surface area (Å²) < 4.78 is 7.28. The number of hydrogen-bond acceptors (Lipinski definition) is 5. The molecule has 2 aromatic heterocycles. The van der Waals surface area contributed by atoms with Gasteiger partial charge in [-0.25, -0.2) is 9.48 Å². The number of carbonyl (C=O) groups excluding carboxylic acids is 1. The number of carbonyl (C=O) groups is 1. The standard InChI is InChI=1S/C21H25N5O3/c1-15-6-11-20(29-15)13-25(18-4-2-3-5-18)21(28)22-16-7-9-19(10-8-16)26-12-17(14-27)23-24-26/h6-12,18,27H,2-5,13-14H2,1H3,(H,22,28). The number of aliphatic hydroxyl groups excluding tert-OH is 1. The van der Waals surface area contributed by atoms with Crippen molar-refractivity contribution < 1.29 is 14.3 Å². The van der Waals surface area contributed by atoms with E-state index in [-0.39, 0.29) is 18.7 Å². The molecule has 0 bridgehead atoms. The summed E-state index contributed by atoms with van der Waals surface area (Å²) in [6, 6.07) is 11.3. The predicted molar refractivity (Wildman–Crippen MR) is 108 cm³/mol. The van der Waals surface area contributed by atoms with Gasteiger partial charge in [0.2, 0.25) is 0 Å². The van der Waals surface area contributed by atoms with Crippen molar-refractivity contribution in [3.63, 3.8) is 0 Å². The molecule has 8 heteroatoms. The fourth-order valence-electron chi connectivity index (χ4n) is 3.71. The number of hydrogen-bond donors (Lipinski definition) is 2. The maximum Gasteiger partial charge on any atom is 0.322 e. The quantitative estimate of drug-likeness (QED) is 0.664. The Balaban J connectivity index is 1.46. The summed E-state index contributed by atoms with van der Waals surface area (Å²) in [5.74, 6) is 1.64. The zero-order chi connectivity index (χ0) is 20.2. The molecular formula is C21H25N5O3. The van der Waals surface area contributed by atoms with Crippen LogP contribution in [0.2, 0.25) is 0 Å². The molecular weight excluding hydrogens is 370 g/mol. The van der Waals surface area contributed by atoms with Crippen LogP contribution in [-0.4, -0.2) is 37.1 Å². The molecule has 0 saturated heterocycles.